The first-order valence-corrected chi connectivity index (χ1v) is 8.23. The van der Waals surface area contributed by atoms with Crippen LogP contribution >= 0.6 is 0 Å². The fourth-order valence-electron chi connectivity index (χ4n) is 3.35. The van der Waals surface area contributed by atoms with Crippen LogP contribution in [0, 0.1) is 0 Å². The molecule has 1 aliphatic carbocycles. The molecule has 0 saturated heterocycles. The molecule has 116 valence electrons. The molecule has 21 heavy (non-hydrogen) atoms. The minimum absolute atomic E-state index is 0.134. The average Bonchev–Trinajstić information content (AvgIpc) is 3.00. The molecular formula is C18H27NO2. The molecule has 1 saturated carbocycles. The minimum atomic E-state index is -0.693. The molecule has 1 atom stereocenters. The quantitative estimate of drug-likeness (QED) is 0.776. The molecule has 0 heterocycles. The van der Waals surface area contributed by atoms with Gasteiger partial charge in [0.15, 0.2) is 0 Å². The molecule has 0 radical (unpaired) electrons. The first-order valence-electron chi connectivity index (χ1n) is 8.23. The number of esters is 1. The van der Waals surface area contributed by atoms with E-state index in [-0.39, 0.29) is 5.97 Å². The van der Waals surface area contributed by atoms with Crippen molar-refractivity contribution in [2.24, 2.45) is 0 Å². The highest BCUT2D eigenvalue weighted by Gasteiger charge is 2.42. The normalized spacial score (nSPS) is 18.4. The lowest BCUT2D eigenvalue weighted by atomic mass is 9.84. The number of benzene rings is 1. The Labute approximate surface area is 128 Å². The predicted molar refractivity (Wildman–Crippen MR) is 85.1 cm³/mol. The summed E-state index contributed by atoms with van der Waals surface area (Å²) < 4.78 is 5.42. The molecule has 1 aromatic carbocycles. The molecule has 0 amide bonds. The molecule has 1 aliphatic rings. The molecule has 1 aromatic rings. The highest BCUT2D eigenvalue weighted by molar-refractivity contribution is 5.82. The summed E-state index contributed by atoms with van der Waals surface area (Å²) in [7, 11) is 0. The maximum atomic E-state index is 12.8. The van der Waals surface area contributed by atoms with Crippen molar-refractivity contribution < 1.29 is 9.53 Å². The van der Waals surface area contributed by atoms with E-state index in [0.29, 0.717) is 12.6 Å². The SMILES string of the molecule is CCCC(NC1CCCC1)(C(=O)OCC)c1ccccc1. The fourth-order valence-corrected chi connectivity index (χ4v) is 3.35. The first-order chi connectivity index (χ1) is 10.2. The topological polar surface area (TPSA) is 38.3 Å². The lowest BCUT2D eigenvalue weighted by molar-refractivity contribution is -0.152. The van der Waals surface area contributed by atoms with E-state index in [1.165, 1.54) is 12.8 Å². The number of hydrogen-bond donors (Lipinski definition) is 1. The second-order valence-corrected chi connectivity index (χ2v) is 5.87. The van der Waals surface area contributed by atoms with Crippen molar-refractivity contribution >= 4 is 5.97 Å². The van der Waals surface area contributed by atoms with Gasteiger partial charge in [-0.15, -0.1) is 0 Å². The summed E-state index contributed by atoms with van der Waals surface area (Å²) in [5, 5.41) is 3.66. The summed E-state index contributed by atoms with van der Waals surface area (Å²) in [5.74, 6) is -0.134. The second kappa shape index (κ2) is 7.60. The van der Waals surface area contributed by atoms with Crippen LogP contribution in [0.5, 0.6) is 0 Å². The Morgan fingerprint density at radius 1 is 1.24 bits per heavy atom. The predicted octanol–water partition coefficient (Wildman–Crippen LogP) is 3.78. The first kappa shape index (κ1) is 16.0. The maximum absolute atomic E-state index is 12.8. The Bertz CT molecular complexity index is 440. The summed E-state index contributed by atoms with van der Waals surface area (Å²) in [6, 6.07) is 10.5. The molecule has 0 aliphatic heterocycles. The van der Waals surface area contributed by atoms with E-state index in [0.717, 1.165) is 31.2 Å². The number of nitrogens with one attached hydrogen (secondary N) is 1. The molecule has 1 unspecified atom stereocenters. The van der Waals surface area contributed by atoms with Crippen molar-refractivity contribution in [1.29, 1.82) is 0 Å². The summed E-state index contributed by atoms with van der Waals surface area (Å²) in [6.07, 6.45) is 6.50. The van der Waals surface area contributed by atoms with Crippen LogP contribution in [0.25, 0.3) is 0 Å². The van der Waals surface area contributed by atoms with Crippen LogP contribution in [0.4, 0.5) is 0 Å². The zero-order valence-electron chi connectivity index (χ0n) is 13.2. The standard InChI is InChI=1S/C18H27NO2/c1-3-14-18(17(20)21-4-2,15-10-6-5-7-11-15)19-16-12-8-9-13-16/h5-7,10-11,16,19H,3-4,8-9,12-14H2,1-2H3. The van der Waals surface area contributed by atoms with Crippen molar-refractivity contribution in [3.05, 3.63) is 35.9 Å². The Kier molecular flexibility index (Phi) is 5.80. The zero-order valence-corrected chi connectivity index (χ0v) is 13.2. The van der Waals surface area contributed by atoms with Crippen LogP contribution in [0.1, 0.15) is 57.9 Å². The van der Waals surface area contributed by atoms with E-state index < -0.39 is 5.54 Å². The Balaban J connectivity index is 2.34. The minimum Gasteiger partial charge on any atom is -0.464 e. The number of rotatable bonds is 7. The molecule has 3 nitrogen and oxygen atoms in total. The van der Waals surface area contributed by atoms with Gasteiger partial charge in [0.2, 0.25) is 0 Å². The number of hydrogen-bond acceptors (Lipinski definition) is 3. The fraction of sp³-hybridized carbons (Fsp3) is 0.611. The number of carbonyl (C=O) groups is 1. The molecule has 2 rings (SSSR count). The van der Waals surface area contributed by atoms with E-state index in [9.17, 15) is 4.79 Å². The van der Waals surface area contributed by atoms with E-state index >= 15 is 0 Å². The summed E-state index contributed by atoms with van der Waals surface area (Å²) in [6.45, 7) is 4.41. The lowest BCUT2D eigenvalue weighted by Crippen LogP contribution is -2.53. The van der Waals surface area contributed by atoms with Gasteiger partial charge < -0.3 is 4.74 Å². The molecule has 0 spiro atoms. The molecular weight excluding hydrogens is 262 g/mol. The van der Waals surface area contributed by atoms with Gasteiger partial charge in [-0.2, -0.15) is 0 Å². The van der Waals surface area contributed by atoms with Crippen molar-refractivity contribution in [3.8, 4) is 0 Å². The van der Waals surface area contributed by atoms with E-state index in [2.05, 4.69) is 12.2 Å². The Morgan fingerprint density at radius 2 is 1.90 bits per heavy atom. The van der Waals surface area contributed by atoms with Gasteiger partial charge in [-0.25, -0.2) is 4.79 Å². The summed E-state index contributed by atoms with van der Waals surface area (Å²) in [5.41, 5.74) is 0.332. The highest BCUT2D eigenvalue weighted by atomic mass is 16.5. The Morgan fingerprint density at radius 3 is 2.48 bits per heavy atom. The molecule has 3 heteroatoms. The van der Waals surface area contributed by atoms with Crippen LogP contribution in [0.15, 0.2) is 30.3 Å². The van der Waals surface area contributed by atoms with Gasteiger partial charge in [0.05, 0.1) is 6.61 Å². The summed E-state index contributed by atoms with van der Waals surface area (Å²) >= 11 is 0. The van der Waals surface area contributed by atoms with Gasteiger partial charge in [0.25, 0.3) is 0 Å². The third-order valence-electron chi connectivity index (χ3n) is 4.32. The smallest absolute Gasteiger partial charge is 0.330 e. The van der Waals surface area contributed by atoms with Gasteiger partial charge >= 0.3 is 5.97 Å². The molecule has 1 N–H and O–H groups in total. The van der Waals surface area contributed by atoms with Gasteiger partial charge in [-0.05, 0) is 31.7 Å². The largest absolute Gasteiger partial charge is 0.464 e. The third-order valence-corrected chi connectivity index (χ3v) is 4.32. The number of carbonyl (C=O) groups excluding carboxylic acids is 1. The summed E-state index contributed by atoms with van der Waals surface area (Å²) in [4.78, 5) is 12.8. The van der Waals surface area contributed by atoms with Gasteiger partial charge in [-0.3, -0.25) is 5.32 Å². The second-order valence-electron chi connectivity index (χ2n) is 5.87. The van der Waals surface area contributed by atoms with Crippen molar-refractivity contribution in [2.45, 2.75) is 64.0 Å². The van der Waals surface area contributed by atoms with Gasteiger partial charge in [0, 0.05) is 6.04 Å². The average molecular weight is 289 g/mol. The van der Waals surface area contributed by atoms with Gasteiger partial charge in [0.1, 0.15) is 5.54 Å². The monoisotopic (exact) mass is 289 g/mol. The van der Waals surface area contributed by atoms with Crippen molar-refractivity contribution in [3.63, 3.8) is 0 Å². The lowest BCUT2D eigenvalue weighted by Gasteiger charge is -2.35. The number of ether oxygens (including phenoxy) is 1. The van der Waals surface area contributed by atoms with E-state index in [4.69, 9.17) is 4.74 Å². The van der Waals surface area contributed by atoms with Crippen molar-refractivity contribution in [1.82, 2.24) is 5.32 Å². The maximum Gasteiger partial charge on any atom is 0.330 e. The van der Waals surface area contributed by atoms with Crippen LogP contribution < -0.4 is 5.32 Å². The van der Waals surface area contributed by atoms with Crippen molar-refractivity contribution in [2.75, 3.05) is 6.61 Å². The zero-order chi connectivity index (χ0) is 15.1. The molecule has 1 fully saturated rings. The van der Waals surface area contributed by atoms with E-state index in [1.54, 1.807) is 0 Å². The van der Waals surface area contributed by atoms with E-state index in [1.807, 2.05) is 37.3 Å². The Hall–Kier alpha value is -1.35. The third kappa shape index (κ3) is 3.65. The van der Waals surface area contributed by atoms with Gasteiger partial charge in [-0.1, -0.05) is 56.5 Å². The van der Waals surface area contributed by atoms with Crippen LogP contribution in [0.2, 0.25) is 0 Å². The molecule has 0 aromatic heterocycles. The molecule has 0 bridgehead atoms. The van der Waals surface area contributed by atoms with Crippen LogP contribution in [-0.4, -0.2) is 18.6 Å². The van der Waals surface area contributed by atoms with Crippen LogP contribution in [0.3, 0.4) is 0 Å². The van der Waals surface area contributed by atoms with Crippen LogP contribution in [-0.2, 0) is 15.1 Å². The highest BCUT2D eigenvalue weighted by Crippen LogP contribution is 2.32.